The first-order valence-corrected chi connectivity index (χ1v) is 10.5. The standard InChI is InChI=1S/C23H29N3O3/c1-17-16-21(18(2)26(17)20-6-4-3-5-7-20)23(28)24-10-8-19(9-11-24)22(27)25-12-14-29-15-13-25/h3-7,16,19H,8-15H2,1-2H3. The van der Waals surface area contributed by atoms with Crippen LogP contribution in [0.3, 0.4) is 0 Å². The van der Waals surface area contributed by atoms with E-state index in [9.17, 15) is 9.59 Å². The highest BCUT2D eigenvalue weighted by Crippen LogP contribution is 2.25. The van der Waals surface area contributed by atoms with Gasteiger partial charge in [0.05, 0.1) is 18.8 Å². The summed E-state index contributed by atoms with van der Waals surface area (Å²) in [4.78, 5) is 29.7. The number of carbonyl (C=O) groups is 2. The summed E-state index contributed by atoms with van der Waals surface area (Å²) in [6, 6.07) is 12.1. The monoisotopic (exact) mass is 395 g/mol. The predicted molar refractivity (Wildman–Crippen MR) is 111 cm³/mol. The second-order valence-electron chi connectivity index (χ2n) is 7.96. The minimum absolute atomic E-state index is 0.0221. The second kappa shape index (κ2) is 8.41. The molecule has 0 unspecified atom stereocenters. The van der Waals surface area contributed by atoms with Crippen molar-refractivity contribution in [2.75, 3.05) is 39.4 Å². The van der Waals surface area contributed by atoms with Gasteiger partial charge in [0.2, 0.25) is 5.91 Å². The predicted octanol–water partition coefficient (Wildman–Crippen LogP) is 2.81. The Morgan fingerprint density at radius 2 is 1.59 bits per heavy atom. The van der Waals surface area contributed by atoms with Gasteiger partial charge in [-0.3, -0.25) is 9.59 Å². The number of ether oxygens (including phenoxy) is 1. The number of aromatic nitrogens is 1. The maximum absolute atomic E-state index is 13.2. The van der Waals surface area contributed by atoms with Crippen molar-refractivity contribution in [1.29, 1.82) is 0 Å². The molecule has 0 aliphatic carbocycles. The SMILES string of the molecule is Cc1cc(C(=O)N2CCC(C(=O)N3CCOCC3)CC2)c(C)n1-c1ccccc1. The zero-order valence-electron chi connectivity index (χ0n) is 17.3. The molecule has 2 fully saturated rings. The zero-order valence-corrected chi connectivity index (χ0v) is 17.3. The highest BCUT2D eigenvalue weighted by Gasteiger charge is 2.32. The Bertz CT molecular complexity index is 876. The summed E-state index contributed by atoms with van der Waals surface area (Å²) in [6.45, 7) is 7.92. The van der Waals surface area contributed by atoms with E-state index in [2.05, 4.69) is 16.7 Å². The number of hydrogen-bond acceptors (Lipinski definition) is 3. The Morgan fingerprint density at radius 3 is 2.24 bits per heavy atom. The van der Waals surface area contributed by atoms with E-state index in [4.69, 9.17) is 4.74 Å². The van der Waals surface area contributed by atoms with Crippen molar-refractivity contribution in [2.24, 2.45) is 5.92 Å². The van der Waals surface area contributed by atoms with Gasteiger partial charge in [0.1, 0.15) is 0 Å². The van der Waals surface area contributed by atoms with Crippen LogP contribution in [0, 0.1) is 19.8 Å². The van der Waals surface area contributed by atoms with Crippen LogP contribution in [0.1, 0.15) is 34.6 Å². The summed E-state index contributed by atoms with van der Waals surface area (Å²) in [7, 11) is 0. The van der Waals surface area contributed by atoms with E-state index in [1.807, 2.05) is 47.9 Å². The fourth-order valence-corrected chi connectivity index (χ4v) is 4.50. The van der Waals surface area contributed by atoms with E-state index in [-0.39, 0.29) is 17.7 Å². The molecule has 2 amide bonds. The molecule has 0 saturated carbocycles. The summed E-state index contributed by atoms with van der Waals surface area (Å²) in [5.74, 6) is 0.314. The fraction of sp³-hybridized carbons (Fsp3) is 0.478. The lowest BCUT2D eigenvalue weighted by Gasteiger charge is -2.35. The van der Waals surface area contributed by atoms with Crippen LogP contribution in [-0.4, -0.2) is 65.6 Å². The van der Waals surface area contributed by atoms with Crippen LogP contribution >= 0.6 is 0 Å². The molecule has 6 nitrogen and oxygen atoms in total. The highest BCUT2D eigenvalue weighted by atomic mass is 16.5. The lowest BCUT2D eigenvalue weighted by atomic mass is 9.94. The number of para-hydroxylation sites is 1. The van der Waals surface area contributed by atoms with Gasteiger partial charge in [-0.15, -0.1) is 0 Å². The topological polar surface area (TPSA) is 54.8 Å². The average Bonchev–Trinajstić information content (AvgIpc) is 3.08. The first kappa shape index (κ1) is 19.7. The van der Waals surface area contributed by atoms with Crippen molar-refractivity contribution in [3.63, 3.8) is 0 Å². The third-order valence-corrected chi connectivity index (χ3v) is 6.13. The van der Waals surface area contributed by atoms with Gasteiger partial charge < -0.3 is 19.1 Å². The lowest BCUT2D eigenvalue weighted by molar-refractivity contribution is -0.141. The molecule has 29 heavy (non-hydrogen) atoms. The maximum Gasteiger partial charge on any atom is 0.255 e. The van der Waals surface area contributed by atoms with Gasteiger partial charge in [-0.1, -0.05) is 18.2 Å². The summed E-state index contributed by atoms with van der Waals surface area (Å²) in [5, 5.41) is 0. The molecule has 1 aromatic carbocycles. The maximum atomic E-state index is 13.2. The number of likely N-dealkylation sites (tertiary alicyclic amines) is 1. The molecule has 3 heterocycles. The summed E-state index contributed by atoms with van der Waals surface area (Å²) in [6.07, 6.45) is 1.47. The number of benzene rings is 1. The van der Waals surface area contributed by atoms with Gasteiger partial charge >= 0.3 is 0 Å². The van der Waals surface area contributed by atoms with E-state index in [1.165, 1.54) is 0 Å². The van der Waals surface area contributed by atoms with Crippen LogP contribution in [0.2, 0.25) is 0 Å². The van der Waals surface area contributed by atoms with Crippen molar-refractivity contribution in [3.05, 3.63) is 53.3 Å². The molecule has 1 aromatic heterocycles. The van der Waals surface area contributed by atoms with Crippen LogP contribution in [0.15, 0.2) is 36.4 Å². The molecule has 0 atom stereocenters. The van der Waals surface area contributed by atoms with Crippen LogP contribution in [0.5, 0.6) is 0 Å². The van der Waals surface area contributed by atoms with Crippen molar-refractivity contribution in [1.82, 2.24) is 14.4 Å². The van der Waals surface area contributed by atoms with E-state index in [0.29, 0.717) is 39.4 Å². The molecule has 6 heteroatoms. The normalized spacial score (nSPS) is 18.1. The second-order valence-corrected chi connectivity index (χ2v) is 7.96. The summed E-state index contributed by atoms with van der Waals surface area (Å²) < 4.78 is 7.47. The first-order chi connectivity index (χ1) is 14.1. The van der Waals surface area contributed by atoms with Crippen LogP contribution in [0.25, 0.3) is 5.69 Å². The molecule has 2 aliphatic rings. The molecule has 154 valence electrons. The number of nitrogens with zero attached hydrogens (tertiary/aromatic N) is 3. The number of piperidine rings is 1. The molecular formula is C23H29N3O3. The molecule has 2 aromatic rings. The van der Waals surface area contributed by atoms with Gasteiger partial charge in [0.25, 0.3) is 5.91 Å². The molecule has 2 aliphatic heterocycles. The quantitative estimate of drug-likeness (QED) is 0.803. The molecule has 0 bridgehead atoms. The number of morpholine rings is 1. The van der Waals surface area contributed by atoms with Crippen molar-refractivity contribution >= 4 is 11.8 Å². The highest BCUT2D eigenvalue weighted by molar-refractivity contribution is 5.96. The van der Waals surface area contributed by atoms with Crippen LogP contribution in [-0.2, 0) is 9.53 Å². The van der Waals surface area contributed by atoms with E-state index in [1.54, 1.807) is 0 Å². The number of carbonyl (C=O) groups excluding carboxylic acids is 2. The molecular weight excluding hydrogens is 366 g/mol. The number of hydrogen-bond donors (Lipinski definition) is 0. The van der Waals surface area contributed by atoms with Crippen molar-refractivity contribution < 1.29 is 14.3 Å². The van der Waals surface area contributed by atoms with Gasteiger partial charge in [-0.05, 0) is 44.9 Å². The van der Waals surface area contributed by atoms with E-state index < -0.39 is 0 Å². The summed E-state index contributed by atoms with van der Waals surface area (Å²) in [5.41, 5.74) is 3.83. The smallest absolute Gasteiger partial charge is 0.255 e. The minimum atomic E-state index is 0.0221. The van der Waals surface area contributed by atoms with Gasteiger partial charge in [0, 0.05) is 49.2 Å². The molecule has 4 rings (SSSR count). The lowest BCUT2D eigenvalue weighted by Crippen LogP contribution is -2.47. The number of aryl methyl sites for hydroxylation is 1. The molecule has 2 saturated heterocycles. The van der Waals surface area contributed by atoms with Crippen LogP contribution in [0.4, 0.5) is 0 Å². The third-order valence-electron chi connectivity index (χ3n) is 6.13. The summed E-state index contributed by atoms with van der Waals surface area (Å²) >= 11 is 0. The van der Waals surface area contributed by atoms with Crippen molar-refractivity contribution in [2.45, 2.75) is 26.7 Å². The minimum Gasteiger partial charge on any atom is -0.378 e. The molecule has 0 spiro atoms. The first-order valence-electron chi connectivity index (χ1n) is 10.5. The van der Waals surface area contributed by atoms with E-state index >= 15 is 0 Å². The Balaban J connectivity index is 1.43. The van der Waals surface area contributed by atoms with Crippen molar-refractivity contribution in [3.8, 4) is 5.69 Å². The van der Waals surface area contributed by atoms with E-state index in [0.717, 1.165) is 35.5 Å². The van der Waals surface area contributed by atoms with Gasteiger partial charge in [-0.2, -0.15) is 0 Å². The van der Waals surface area contributed by atoms with Gasteiger partial charge in [-0.25, -0.2) is 0 Å². The van der Waals surface area contributed by atoms with Gasteiger partial charge in [0.15, 0.2) is 0 Å². The number of rotatable bonds is 3. The third kappa shape index (κ3) is 3.94. The zero-order chi connectivity index (χ0) is 20.4. The fourth-order valence-electron chi connectivity index (χ4n) is 4.50. The molecule has 0 N–H and O–H groups in total. The van der Waals surface area contributed by atoms with Crippen LogP contribution < -0.4 is 0 Å². The Labute approximate surface area is 172 Å². The Kier molecular flexibility index (Phi) is 5.72. The molecule has 0 radical (unpaired) electrons. The average molecular weight is 396 g/mol. The largest absolute Gasteiger partial charge is 0.378 e. The number of amides is 2. The Hall–Kier alpha value is -2.60. The Morgan fingerprint density at radius 1 is 0.931 bits per heavy atom.